The second kappa shape index (κ2) is 5.24. The Morgan fingerprint density at radius 3 is 3.00 bits per heavy atom. The lowest BCUT2D eigenvalue weighted by molar-refractivity contribution is 0.0984. The molecule has 0 radical (unpaired) electrons. The van der Waals surface area contributed by atoms with Crippen molar-refractivity contribution in [3.8, 4) is 0 Å². The Labute approximate surface area is 124 Å². The van der Waals surface area contributed by atoms with Gasteiger partial charge in [0.15, 0.2) is 0 Å². The Morgan fingerprint density at radius 2 is 2.24 bits per heavy atom. The van der Waals surface area contributed by atoms with Gasteiger partial charge in [-0.3, -0.25) is 9.48 Å². The van der Waals surface area contributed by atoms with Crippen LogP contribution in [0, 0.1) is 0 Å². The Morgan fingerprint density at radius 1 is 1.43 bits per heavy atom. The summed E-state index contributed by atoms with van der Waals surface area (Å²) >= 11 is 0. The minimum atomic E-state index is 0.0199. The van der Waals surface area contributed by atoms with E-state index >= 15 is 0 Å². The van der Waals surface area contributed by atoms with Crippen LogP contribution in [0.5, 0.6) is 0 Å². The molecule has 0 unspecified atom stereocenters. The molecule has 0 saturated heterocycles. The van der Waals surface area contributed by atoms with Crippen LogP contribution in [0.3, 0.4) is 0 Å². The number of hydrogen-bond donors (Lipinski definition) is 1. The van der Waals surface area contributed by atoms with Crippen molar-refractivity contribution >= 4 is 17.3 Å². The van der Waals surface area contributed by atoms with Crippen molar-refractivity contribution in [1.29, 1.82) is 0 Å². The molecule has 3 rings (SSSR count). The third-order valence-electron chi connectivity index (χ3n) is 3.94. The van der Waals surface area contributed by atoms with Gasteiger partial charge in [0.25, 0.3) is 5.91 Å². The quantitative estimate of drug-likeness (QED) is 0.859. The van der Waals surface area contributed by atoms with Gasteiger partial charge >= 0.3 is 0 Å². The monoisotopic (exact) mass is 284 g/mol. The number of nitrogens with two attached hydrogens (primary N) is 1. The highest BCUT2D eigenvalue weighted by Gasteiger charge is 2.26. The molecule has 1 amide bonds. The number of benzene rings is 1. The van der Waals surface area contributed by atoms with Crippen molar-refractivity contribution in [3.63, 3.8) is 0 Å². The highest BCUT2D eigenvalue weighted by molar-refractivity contribution is 6.07. The SMILES string of the molecule is CCc1nn(C)cc1C(=O)N1CCCc2ccc(N)cc21. The summed E-state index contributed by atoms with van der Waals surface area (Å²) in [4.78, 5) is 14.7. The summed E-state index contributed by atoms with van der Waals surface area (Å²) in [5.74, 6) is 0.0199. The van der Waals surface area contributed by atoms with Gasteiger partial charge in [-0.1, -0.05) is 13.0 Å². The van der Waals surface area contributed by atoms with Gasteiger partial charge in [-0.25, -0.2) is 0 Å². The molecule has 110 valence electrons. The van der Waals surface area contributed by atoms with Gasteiger partial charge in [0, 0.05) is 31.2 Å². The number of nitrogens with zero attached hydrogens (tertiary/aromatic N) is 3. The molecule has 0 aliphatic carbocycles. The number of amides is 1. The molecular formula is C16H20N4O. The highest BCUT2D eigenvalue weighted by atomic mass is 16.2. The third kappa shape index (κ3) is 2.39. The van der Waals surface area contributed by atoms with E-state index in [2.05, 4.69) is 5.10 Å². The molecule has 5 heteroatoms. The summed E-state index contributed by atoms with van der Waals surface area (Å²) in [7, 11) is 1.85. The normalized spacial score (nSPS) is 14.1. The highest BCUT2D eigenvalue weighted by Crippen LogP contribution is 2.30. The first kappa shape index (κ1) is 13.7. The molecule has 0 fully saturated rings. The number of anilines is 2. The molecule has 1 aromatic heterocycles. The summed E-state index contributed by atoms with van der Waals surface area (Å²) in [6, 6.07) is 5.82. The molecule has 0 saturated carbocycles. The molecule has 1 aliphatic heterocycles. The van der Waals surface area contributed by atoms with Crippen molar-refractivity contribution in [2.45, 2.75) is 26.2 Å². The van der Waals surface area contributed by atoms with Gasteiger partial charge in [0.2, 0.25) is 0 Å². The fourth-order valence-corrected chi connectivity index (χ4v) is 2.92. The zero-order valence-electron chi connectivity index (χ0n) is 12.5. The first-order valence-corrected chi connectivity index (χ1v) is 7.33. The predicted molar refractivity (Wildman–Crippen MR) is 83.4 cm³/mol. The number of carbonyl (C=O) groups is 1. The third-order valence-corrected chi connectivity index (χ3v) is 3.94. The zero-order chi connectivity index (χ0) is 15.0. The molecule has 21 heavy (non-hydrogen) atoms. The number of aryl methyl sites for hydroxylation is 3. The average molecular weight is 284 g/mol. The van der Waals surface area contributed by atoms with E-state index in [1.807, 2.05) is 43.3 Å². The molecular weight excluding hydrogens is 264 g/mol. The van der Waals surface area contributed by atoms with Crippen LogP contribution >= 0.6 is 0 Å². The summed E-state index contributed by atoms with van der Waals surface area (Å²) in [6.45, 7) is 2.74. The fourth-order valence-electron chi connectivity index (χ4n) is 2.92. The molecule has 5 nitrogen and oxygen atoms in total. The first-order valence-electron chi connectivity index (χ1n) is 7.33. The Kier molecular flexibility index (Phi) is 3.41. The molecule has 2 aromatic rings. The second-order valence-electron chi connectivity index (χ2n) is 5.47. The fraction of sp³-hybridized carbons (Fsp3) is 0.375. The number of hydrogen-bond acceptors (Lipinski definition) is 3. The Bertz CT molecular complexity index is 690. The van der Waals surface area contributed by atoms with E-state index in [-0.39, 0.29) is 5.91 Å². The van der Waals surface area contributed by atoms with Gasteiger partial charge < -0.3 is 10.6 Å². The second-order valence-corrected chi connectivity index (χ2v) is 5.47. The van der Waals surface area contributed by atoms with Crippen LogP contribution in [0.25, 0.3) is 0 Å². The van der Waals surface area contributed by atoms with Crippen molar-refractivity contribution in [2.75, 3.05) is 17.2 Å². The van der Waals surface area contributed by atoms with Crippen molar-refractivity contribution < 1.29 is 4.79 Å². The van der Waals surface area contributed by atoms with Gasteiger partial charge in [-0.2, -0.15) is 5.10 Å². The maximum absolute atomic E-state index is 12.9. The van der Waals surface area contributed by atoms with Crippen LogP contribution in [0.1, 0.15) is 35.0 Å². The van der Waals surface area contributed by atoms with Crippen molar-refractivity contribution in [2.24, 2.45) is 7.05 Å². The lowest BCUT2D eigenvalue weighted by atomic mass is 10.00. The van der Waals surface area contributed by atoms with E-state index in [0.717, 1.165) is 37.2 Å². The summed E-state index contributed by atoms with van der Waals surface area (Å²) < 4.78 is 1.70. The molecule has 1 aliphatic rings. The molecule has 1 aromatic carbocycles. The maximum Gasteiger partial charge on any atom is 0.261 e. The molecule has 0 atom stereocenters. The van der Waals surface area contributed by atoms with Crippen LogP contribution in [-0.4, -0.2) is 22.2 Å². The minimum Gasteiger partial charge on any atom is -0.399 e. The van der Waals surface area contributed by atoms with Gasteiger partial charge in [-0.05, 0) is 37.0 Å². The van der Waals surface area contributed by atoms with E-state index in [1.165, 1.54) is 5.56 Å². The van der Waals surface area contributed by atoms with Crippen LogP contribution in [0.15, 0.2) is 24.4 Å². The summed E-state index contributed by atoms with van der Waals surface area (Å²) in [5.41, 5.74) is 10.2. The van der Waals surface area contributed by atoms with Crippen LogP contribution < -0.4 is 10.6 Å². The number of fused-ring (bicyclic) bond motifs is 1. The topological polar surface area (TPSA) is 64.2 Å². The lowest BCUT2D eigenvalue weighted by Gasteiger charge is -2.29. The van der Waals surface area contributed by atoms with E-state index < -0.39 is 0 Å². The van der Waals surface area contributed by atoms with E-state index in [9.17, 15) is 4.79 Å². The molecule has 0 bridgehead atoms. The Hall–Kier alpha value is -2.30. The molecule has 2 N–H and O–H groups in total. The van der Waals surface area contributed by atoms with Gasteiger partial charge in [0.1, 0.15) is 0 Å². The minimum absolute atomic E-state index is 0.0199. The summed E-state index contributed by atoms with van der Waals surface area (Å²) in [6.07, 6.45) is 4.53. The standard InChI is InChI=1S/C16H20N4O/c1-3-14-13(10-19(2)18-14)16(21)20-8-4-5-11-6-7-12(17)9-15(11)20/h6-7,9-10H,3-5,8,17H2,1-2H3. The van der Waals surface area contributed by atoms with Crippen molar-refractivity contribution in [3.05, 3.63) is 41.2 Å². The maximum atomic E-state index is 12.9. The van der Waals surface area contributed by atoms with Gasteiger partial charge in [-0.15, -0.1) is 0 Å². The van der Waals surface area contributed by atoms with Crippen molar-refractivity contribution in [1.82, 2.24) is 9.78 Å². The lowest BCUT2D eigenvalue weighted by Crippen LogP contribution is -2.35. The van der Waals surface area contributed by atoms with E-state index in [4.69, 9.17) is 5.73 Å². The van der Waals surface area contributed by atoms with Crippen LogP contribution in [0.4, 0.5) is 11.4 Å². The zero-order valence-corrected chi connectivity index (χ0v) is 12.5. The predicted octanol–water partition coefficient (Wildman–Crippen LogP) is 2.16. The number of carbonyl (C=O) groups excluding carboxylic acids is 1. The van der Waals surface area contributed by atoms with Crippen LogP contribution in [0.2, 0.25) is 0 Å². The van der Waals surface area contributed by atoms with E-state index in [1.54, 1.807) is 4.68 Å². The summed E-state index contributed by atoms with van der Waals surface area (Å²) in [5, 5.41) is 4.36. The first-order chi connectivity index (χ1) is 10.1. The number of aromatic nitrogens is 2. The largest absolute Gasteiger partial charge is 0.399 e. The molecule has 0 spiro atoms. The Balaban J connectivity index is 2.02. The van der Waals surface area contributed by atoms with Gasteiger partial charge in [0.05, 0.1) is 11.3 Å². The van der Waals surface area contributed by atoms with Crippen LogP contribution in [-0.2, 0) is 19.9 Å². The number of rotatable bonds is 2. The smallest absolute Gasteiger partial charge is 0.261 e. The molecule has 2 heterocycles. The number of nitrogen functional groups attached to an aromatic ring is 1. The van der Waals surface area contributed by atoms with E-state index in [0.29, 0.717) is 11.3 Å². The average Bonchev–Trinajstić information content (AvgIpc) is 2.87.